The fourth-order valence-electron chi connectivity index (χ4n) is 2.11. The first-order chi connectivity index (χ1) is 8.01. The number of nitrogens with zero attached hydrogens (tertiary/aromatic N) is 3. The fourth-order valence-corrected chi connectivity index (χ4v) is 2.11. The maximum absolute atomic E-state index is 10.3. The number of ether oxygens (including phenoxy) is 1. The Morgan fingerprint density at radius 1 is 1.53 bits per heavy atom. The lowest BCUT2D eigenvalue weighted by Gasteiger charge is -2.18. The van der Waals surface area contributed by atoms with Crippen molar-refractivity contribution in [1.82, 2.24) is 0 Å². The summed E-state index contributed by atoms with van der Waals surface area (Å²) in [4.78, 5) is 13.2. The van der Waals surface area contributed by atoms with Crippen molar-refractivity contribution in [2.75, 3.05) is 0 Å². The van der Waals surface area contributed by atoms with Crippen LogP contribution in [0.25, 0.3) is 10.4 Å². The summed E-state index contributed by atoms with van der Waals surface area (Å²) in [6.45, 7) is 6.23. The number of rotatable bonds is 8. The van der Waals surface area contributed by atoms with Crippen LogP contribution in [0, 0.1) is 5.92 Å². The van der Waals surface area contributed by atoms with Crippen LogP contribution in [0.4, 0.5) is 0 Å². The van der Waals surface area contributed by atoms with E-state index in [1.54, 1.807) is 0 Å². The molecule has 0 saturated carbocycles. The second kappa shape index (κ2) is 6.03. The van der Waals surface area contributed by atoms with Gasteiger partial charge in [0, 0.05) is 17.4 Å². The van der Waals surface area contributed by atoms with Crippen LogP contribution in [0.15, 0.2) is 5.11 Å². The number of aldehydes is 1. The molecular weight excluding hydrogens is 218 g/mol. The van der Waals surface area contributed by atoms with Crippen molar-refractivity contribution in [1.29, 1.82) is 0 Å². The molecule has 0 aromatic carbocycles. The van der Waals surface area contributed by atoms with Crippen LogP contribution in [-0.4, -0.2) is 24.0 Å². The molecular formula is C12H21N3O2. The van der Waals surface area contributed by atoms with Gasteiger partial charge in [-0.15, -0.1) is 0 Å². The Hall–Kier alpha value is -1.06. The van der Waals surface area contributed by atoms with E-state index < -0.39 is 0 Å². The molecule has 0 N–H and O–H groups in total. The maximum atomic E-state index is 10.3. The van der Waals surface area contributed by atoms with Crippen molar-refractivity contribution in [3.63, 3.8) is 0 Å². The highest BCUT2D eigenvalue weighted by atomic mass is 16.6. The van der Waals surface area contributed by atoms with Gasteiger partial charge in [-0.25, -0.2) is 0 Å². The highest BCUT2D eigenvalue weighted by molar-refractivity contribution is 5.49. The quantitative estimate of drug-likeness (QED) is 0.214. The SMILES string of the molecule is C[C@H](CCC1OC1(C)C)[C@H](CCC=O)N=[N+]=[N-]. The predicted octanol–water partition coefficient (Wildman–Crippen LogP) is 3.24. The molecule has 0 bridgehead atoms. The van der Waals surface area contributed by atoms with E-state index in [-0.39, 0.29) is 11.6 Å². The van der Waals surface area contributed by atoms with Crippen LogP contribution in [-0.2, 0) is 9.53 Å². The first kappa shape index (κ1) is 14.0. The van der Waals surface area contributed by atoms with Crippen molar-refractivity contribution in [2.45, 2.75) is 64.2 Å². The summed E-state index contributed by atoms with van der Waals surface area (Å²) in [7, 11) is 0. The van der Waals surface area contributed by atoms with Crippen LogP contribution in [0.5, 0.6) is 0 Å². The Morgan fingerprint density at radius 2 is 2.18 bits per heavy atom. The van der Waals surface area contributed by atoms with Gasteiger partial charge in [0.05, 0.1) is 11.7 Å². The van der Waals surface area contributed by atoms with Gasteiger partial charge >= 0.3 is 0 Å². The van der Waals surface area contributed by atoms with Gasteiger partial charge < -0.3 is 9.53 Å². The summed E-state index contributed by atoms with van der Waals surface area (Å²) in [6, 6.07) is -0.0768. The largest absolute Gasteiger partial charge is 0.367 e. The molecule has 96 valence electrons. The Morgan fingerprint density at radius 3 is 2.65 bits per heavy atom. The van der Waals surface area contributed by atoms with Crippen molar-refractivity contribution in [3.05, 3.63) is 10.4 Å². The molecule has 1 heterocycles. The van der Waals surface area contributed by atoms with Gasteiger partial charge in [0.15, 0.2) is 0 Å². The second-order valence-electron chi connectivity index (χ2n) is 5.28. The van der Waals surface area contributed by atoms with Crippen molar-refractivity contribution in [2.24, 2.45) is 11.0 Å². The molecule has 0 amide bonds. The summed E-state index contributed by atoms with van der Waals surface area (Å²) in [6.07, 6.45) is 4.27. The average Bonchev–Trinajstić information content (AvgIpc) is 2.89. The Balaban J connectivity index is 2.34. The molecule has 1 aliphatic heterocycles. The molecule has 0 aromatic rings. The number of epoxide rings is 1. The summed E-state index contributed by atoms with van der Waals surface area (Å²) in [5.74, 6) is 0.297. The lowest BCUT2D eigenvalue weighted by atomic mass is 9.92. The van der Waals surface area contributed by atoms with E-state index in [1.807, 2.05) is 0 Å². The molecule has 1 rings (SSSR count). The third kappa shape index (κ3) is 4.36. The Kier molecular flexibility index (Phi) is 4.97. The molecule has 0 spiro atoms. The zero-order chi connectivity index (χ0) is 12.9. The van der Waals surface area contributed by atoms with E-state index in [2.05, 4.69) is 30.8 Å². The average molecular weight is 239 g/mol. The lowest BCUT2D eigenvalue weighted by Crippen LogP contribution is -2.17. The van der Waals surface area contributed by atoms with Crippen molar-refractivity contribution >= 4 is 6.29 Å². The minimum Gasteiger partial charge on any atom is -0.367 e. The van der Waals surface area contributed by atoms with Gasteiger partial charge in [0.25, 0.3) is 0 Å². The molecule has 0 aromatic heterocycles. The highest BCUT2D eigenvalue weighted by Crippen LogP contribution is 2.39. The van der Waals surface area contributed by atoms with E-state index in [0.29, 0.717) is 24.9 Å². The first-order valence-corrected chi connectivity index (χ1v) is 6.17. The Bertz CT molecular complexity index is 311. The normalized spacial score (nSPS) is 24.5. The molecule has 17 heavy (non-hydrogen) atoms. The van der Waals surface area contributed by atoms with Gasteiger partial charge in [-0.2, -0.15) is 0 Å². The van der Waals surface area contributed by atoms with Crippen LogP contribution >= 0.6 is 0 Å². The van der Waals surface area contributed by atoms with E-state index in [9.17, 15) is 4.79 Å². The zero-order valence-electron chi connectivity index (χ0n) is 10.8. The maximum Gasteiger partial charge on any atom is 0.120 e. The first-order valence-electron chi connectivity index (χ1n) is 6.17. The van der Waals surface area contributed by atoms with Crippen LogP contribution in [0.3, 0.4) is 0 Å². The summed E-state index contributed by atoms with van der Waals surface area (Å²) in [5, 5.41) is 3.78. The van der Waals surface area contributed by atoms with E-state index in [4.69, 9.17) is 10.3 Å². The minimum absolute atomic E-state index is 0.0243. The van der Waals surface area contributed by atoms with E-state index >= 15 is 0 Å². The van der Waals surface area contributed by atoms with E-state index in [0.717, 1.165) is 19.1 Å². The van der Waals surface area contributed by atoms with Crippen LogP contribution < -0.4 is 0 Å². The van der Waals surface area contributed by atoms with Crippen molar-refractivity contribution in [3.8, 4) is 0 Å². The van der Waals surface area contributed by atoms with Gasteiger partial charge in [-0.3, -0.25) is 0 Å². The molecule has 0 radical (unpaired) electrons. The number of carbonyl (C=O) groups is 1. The Labute approximate surface area is 102 Å². The van der Waals surface area contributed by atoms with Crippen LogP contribution in [0.1, 0.15) is 46.5 Å². The van der Waals surface area contributed by atoms with Gasteiger partial charge in [-0.1, -0.05) is 12.0 Å². The molecule has 1 fully saturated rings. The second-order valence-corrected chi connectivity index (χ2v) is 5.28. The molecule has 3 atom stereocenters. The third-order valence-corrected chi connectivity index (χ3v) is 3.49. The standard InChI is InChI=1S/C12H21N3O2/c1-9(6-7-11-12(2,3)17-11)10(14-15-13)5-4-8-16/h8-11H,4-7H2,1-3H3/t9-,10+,11?/m1/s1. The minimum atomic E-state index is -0.0768. The monoisotopic (exact) mass is 239 g/mol. The fraction of sp³-hybridized carbons (Fsp3) is 0.917. The molecule has 1 unspecified atom stereocenters. The van der Waals surface area contributed by atoms with Gasteiger partial charge in [-0.05, 0) is 44.6 Å². The molecule has 0 aliphatic carbocycles. The summed E-state index contributed by atoms with van der Waals surface area (Å²) < 4.78 is 5.52. The van der Waals surface area contributed by atoms with E-state index in [1.165, 1.54) is 0 Å². The van der Waals surface area contributed by atoms with Gasteiger partial charge in [0.2, 0.25) is 0 Å². The molecule has 1 saturated heterocycles. The molecule has 1 aliphatic rings. The summed E-state index contributed by atoms with van der Waals surface area (Å²) in [5.41, 5.74) is 8.53. The van der Waals surface area contributed by atoms with Crippen molar-refractivity contribution < 1.29 is 9.53 Å². The predicted molar refractivity (Wildman–Crippen MR) is 65.6 cm³/mol. The third-order valence-electron chi connectivity index (χ3n) is 3.49. The number of carbonyl (C=O) groups excluding carboxylic acids is 1. The highest BCUT2D eigenvalue weighted by Gasteiger charge is 2.47. The van der Waals surface area contributed by atoms with Crippen LogP contribution in [0.2, 0.25) is 0 Å². The topological polar surface area (TPSA) is 78.4 Å². The lowest BCUT2D eigenvalue weighted by molar-refractivity contribution is -0.108. The number of hydrogen-bond donors (Lipinski definition) is 0. The number of azide groups is 1. The van der Waals surface area contributed by atoms with Gasteiger partial charge in [0.1, 0.15) is 6.29 Å². The zero-order valence-corrected chi connectivity index (χ0v) is 10.8. The molecule has 5 heteroatoms. The summed E-state index contributed by atoms with van der Waals surface area (Å²) >= 11 is 0. The smallest absolute Gasteiger partial charge is 0.120 e. The molecule has 5 nitrogen and oxygen atoms in total. The number of hydrogen-bond acceptors (Lipinski definition) is 3.